The zero-order valence-electron chi connectivity index (χ0n) is 14.9. The van der Waals surface area contributed by atoms with Crippen molar-refractivity contribution in [2.75, 3.05) is 32.8 Å². The number of nitriles is 1. The highest BCUT2D eigenvalue weighted by molar-refractivity contribution is 5.96. The Balaban J connectivity index is 1.40. The monoisotopic (exact) mass is 361 g/mol. The summed E-state index contributed by atoms with van der Waals surface area (Å²) in [6.45, 7) is 2.62. The number of amides is 2. The number of carbonyl (C=O) groups is 2. The van der Waals surface area contributed by atoms with Gasteiger partial charge in [0.1, 0.15) is 5.75 Å². The minimum absolute atomic E-state index is 0.0109. The first kappa shape index (κ1) is 17.1. The lowest BCUT2D eigenvalue weighted by molar-refractivity contribution is 0.0535. The molecule has 0 unspecified atom stereocenters. The molecule has 0 spiro atoms. The van der Waals surface area contributed by atoms with Crippen LogP contribution in [-0.2, 0) is 6.42 Å². The lowest BCUT2D eigenvalue weighted by Gasteiger charge is -2.35. The number of ether oxygens (including phenoxy) is 1. The first-order valence-corrected chi connectivity index (χ1v) is 9.00. The molecule has 2 aromatic carbocycles. The van der Waals surface area contributed by atoms with Crippen LogP contribution in [0.1, 0.15) is 31.8 Å². The molecule has 0 saturated carbocycles. The lowest BCUT2D eigenvalue weighted by Crippen LogP contribution is -2.50. The molecule has 2 aromatic rings. The van der Waals surface area contributed by atoms with Crippen molar-refractivity contribution in [3.05, 3.63) is 64.7 Å². The average Bonchev–Trinajstić information content (AvgIpc) is 3.20. The number of fused-ring (bicyclic) bond motifs is 1. The van der Waals surface area contributed by atoms with Gasteiger partial charge in [-0.3, -0.25) is 9.59 Å². The number of piperazine rings is 1. The maximum atomic E-state index is 12.8. The normalized spacial score (nSPS) is 15.7. The van der Waals surface area contributed by atoms with Crippen molar-refractivity contribution in [1.29, 1.82) is 5.26 Å². The summed E-state index contributed by atoms with van der Waals surface area (Å²) in [4.78, 5) is 28.9. The van der Waals surface area contributed by atoms with Crippen LogP contribution in [0.3, 0.4) is 0 Å². The molecule has 1 saturated heterocycles. The van der Waals surface area contributed by atoms with E-state index >= 15 is 0 Å². The average molecular weight is 361 g/mol. The molecule has 0 aliphatic carbocycles. The summed E-state index contributed by atoms with van der Waals surface area (Å²) in [5.41, 5.74) is 2.72. The highest BCUT2D eigenvalue weighted by Crippen LogP contribution is 2.26. The summed E-state index contributed by atoms with van der Waals surface area (Å²) < 4.78 is 5.49. The Kier molecular flexibility index (Phi) is 4.51. The zero-order chi connectivity index (χ0) is 18.8. The number of hydrogen-bond donors (Lipinski definition) is 0. The second kappa shape index (κ2) is 7.12. The van der Waals surface area contributed by atoms with E-state index < -0.39 is 0 Å². The van der Waals surface area contributed by atoms with Crippen molar-refractivity contribution >= 4 is 11.8 Å². The molecule has 1 fully saturated rings. The predicted molar refractivity (Wildman–Crippen MR) is 98.6 cm³/mol. The van der Waals surface area contributed by atoms with Gasteiger partial charge in [-0.1, -0.05) is 6.07 Å². The minimum Gasteiger partial charge on any atom is -0.493 e. The Morgan fingerprint density at radius 3 is 2.26 bits per heavy atom. The third-order valence-corrected chi connectivity index (χ3v) is 5.03. The number of hydrogen-bond acceptors (Lipinski definition) is 4. The van der Waals surface area contributed by atoms with E-state index in [2.05, 4.69) is 6.07 Å². The van der Waals surface area contributed by atoms with Crippen LogP contribution in [0.5, 0.6) is 5.75 Å². The van der Waals surface area contributed by atoms with Gasteiger partial charge in [0.25, 0.3) is 11.8 Å². The molecule has 136 valence electrons. The van der Waals surface area contributed by atoms with Gasteiger partial charge in [0.05, 0.1) is 18.2 Å². The maximum Gasteiger partial charge on any atom is 0.254 e. The fraction of sp³-hybridized carbons (Fsp3) is 0.286. The van der Waals surface area contributed by atoms with Crippen molar-refractivity contribution in [3.8, 4) is 11.8 Å². The first-order valence-electron chi connectivity index (χ1n) is 9.00. The fourth-order valence-electron chi connectivity index (χ4n) is 3.52. The van der Waals surface area contributed by atoms with Gasteiger partial charge >= 0.3 is 0 Å². The molecule has 2 heterocycles. The Morgan fingerprint density at radius 2 is 1.59 bits per heavy atom. The van der Waals surface area contributed by atoms with Gasteiger partial charge in [-0.05, 0) is 42.0 Å². The summed E-state index contributed by atoms with van der Waals surface area (Å²) in [6, 6.07) is 14.3. The van der Waals surface area contributed by atoms with E-state index in [1.807, 2.05) is 12.1 Å². The Hall–Kier alpha value is -3.33. The van der Waals surface area contributed by atoms with Crippen molar-refractivity contribution in [2.45, 2.75) is 6.42 Å². The summed E-state index contributed by atoms with van der Waals surface area (Å²) >= 11 is 0. The summed E-state index contributed by atoms with van der Waals surface area (Å²) in [5.74, 6) is 0.749. The second-order valence-corrected chi connectivity index (χ2v) is 6.70. The van der Waals surface area contributed by atoms with Gasteiger partial charge < -0.3 is 14.5 Å². The van der Waals surface area contributed by atoms with E-state index in [4.69, 9.17) is 10.00 Å². The predicted octanol–water partition coefficient (Wildman–Crippen LogP) is 2.09. The molecule has 6 heteroatoms. The van der Waals surface area contributed by atoms with Crippen molar-refractivity contribution in [1.82, 2.24) is 9.80 Å². The van der Waals surface area contributed by atoms with Gasteiger partial charge in [0, 0.05) is 43.7 Å². The van der Waals surface area contributed by atoms with Crippen molar-refractivity contribution in [2.24, 2.45) is 0 Å². The number of carbonyl (C=O) groups excluding carboxylic acids is 2. The highest BCUT2D eigenvalue weighted by atomic mass is 16.5. The number of nitrogens with zero attached hydrogens (tertiary/aromatic N) is 3. The molecule has 2 aliphatic heterocycles. The van der Waals surface area contributed by atoms with Crippen LogP contribution in [0.4, 0.5) is 0 Å². The van der Waals surface area contributed by atoms with Gasteiger partial charge in [-0.25, -0.2) is 0 Å². The van der Waals surface area contributed by atoms with Crippen LogP contribution in [0.25, 0.3) is 0 Å². The van der Waals surface area contributed by atoms with E-state index in [0.717, 1.165) is 17.7 Å². The standard InChI is InChI=1S/C21H19N3O3/c22-14-15-2-1-3-17(12-15)20(25)23-7-9-24(10-8-23)21(26)18-4-5-19-16(13-18)6-11-27-19/h1-5,12-13H,6-11H2. The van der Waals surface area contributed by atoms with Gasteiger partial charge in [0.15, 0.2) is 0 Å². The lowest BCUT2D eigenvalue weighted by atomic mass is 10.1. The van der Waals surface area contributed by atoms with Crippen LogP contribution in [0.2, 0.25) is 0 Å². The molecular weight excluding hydrogens is 342 g/mol. The molecule has 27 heavy (non-hydrogen) atoms. The molecule has 0 aromatic heterocycles. The molecule has 2 amide bonds. The topological polar surface area (TPSA) is 73.6 Å². The van der Waals surface area contributed by atoms with Crippen LogP contribution < -0.4 is 4.74 Å². The maximum absolute atomic E-state index is 12.8. The van der Waals surface area contributed by atoms with Gasteiger partial charge in [-0.2, -0.15) is 5.26 Å². The molecule has 2 aliphatic rings. The van der Waals surface area contributed by atoms with Crippen LogP contribution in [-0.4, -0.2) is 54.4 Å². The van der Waals surface area contributed by atoms with E-state index in [-0.39, 0.29) is 11.8 Å². The van der Waals surface area contributed by atoms with Crippen LogP contribution >= 0.6 is 0 Å². The second-order valence-electron chi connectivity index (χ2n) is 6.70. The molecule has 4 rings (SSSR count). The van der Waals surface area contributed by atoms with E-state index in [1.54, 1.807) is 40.1 Å². The smallest absolute Gasteiger partial charge is 0.254 e. The summed E-state index contributed by atoms with van der Waals surface area (Å²) in [6.07, 6.45) is 0.834. The van der Waals surface area contributed by atoms with Crippen molar-refractivity contribution in [3.63, 3.8) is 0 Å². The number of rotatable bonds is 2. The third kappa shape index (κ3) is 3.36. The highest BCUT2D eigenvalue weighted by Gasteiger charge is 2.26. The van der Waals surface area contributed by atoms with E-state index in [9.17, 15) is 9.59 Å². The summed E-state index contributed by atoms with van der Waals surface area (Å²) in [7, 11) is 0. The number of benzene rings is 2. The fourth-order valence-corrected chi connectivity index (χ4v) is 3.52. The minimum atomic E-state index is -0.103. The SMILES string of the molecule is N#Cc1cccc(C(=O)N2CCN(C(=O)c3ccc4c(c3)CCO4)CC2)c1. The Bertz CT molecular complexity index is 940. The Labute approximate surface area is 157 Å². The molecule has 0 N–H and O–H groups in total. The first-order chi connectivity index (χ1) is 13.2. The van der Waals surface area contributed by atoms with E-state index in [0.29, 0.717) is 49.5 Å². The van der Waals surface area contributed by atoms with Crippen LogP contribution in [0.15, 0.2) is 42.5 Å². The van der Waals surface area contributed by atoms with Gasteiger partial charge in [0.2, 0.25) is 0 Å². The molecule has 0 atom stereocenters. The van der Waals surface area contributed by atoms with E-state index in [1.165, 1.54) is 0 Å². The quantitative estimate of drug-likeness (QED) is 0.821. The molecular formula is C21H19N3O3. The zero-order valence-corrected chi connectivity index (χ0v) is 14.9. The largest absolute Gasteiger partial charge is 0.493 e. The molecule has 6 nitrogen and oxygen atoms in total. The van der Waals surface area contributed by atoms with Crippen LogP contribution in [0, 0.1) is 11.3 Å². The third-order valence-electron chi connectivity index (χ3n) is 5.03. The molecule has 0 bridgehead atoms. The summed E-state index contributed by atoms with van der Waals surface area (Å²) in [5, 5.41) is 8.99. The van der Waals surface area contributed by atoms with Gasteiger partial charge in [-0.15, -0.1) is 0 Å². The van der Waals surface area contributed by atoms with Crippen molar-refractivity contribution < 1.29 is 14.3 Å². The Morgan fingerprint density at radius 1 is 0.926 bits per heavy atom. The molecule has 0 radical (unpaired) electrons.